The first-order chi connectivity index (χ1) is 68.1. The van der Waals surface area contributed by atoms with E-state index in [-0.39, 0.29) is 101 Å². The van der Waals surface area contributed by atoms with Gasteiger partial charge in [-0.2, -0.15) is 25.5 Å². The van der Waals surface area contributed by atoms with Crippen molar-refractivity contribution in [2.45, 2.75) is 123 Å². The van der Waals surface area contributed by atoms with Gasteiger partial charge in [-0.15, -0.1) is 144 Å². The van der Waals surface area contributed by atoms with E-state index in [0.717, 1.165) is 186 Å². The first-order valence-corrected chi connectivity index (χ1v) is 47.1. The van der Waals surface area contributed by atoms with Crippen LogP contribution in [-0.2, 0) is 136 Å². The summed E-state index contributed by atoms with van der Waals surface area (Å²) in [6.45, 7) is 33.7. The fourth-order valence-electron chi connectivity index (χ4n) is 19.0. The third-order valence-electron chi connectivity index (χ3n) is 26.6. The molecule has 0 N–H and O–H groups in total. The summed E-state index contributed by atoms with van der Waals surface area (Å²) in [5.41, 5.74) is 37.8. The maximum atomic E-state index is 4.70. The third-order valence-corrected chi connectivity index (χ3v) is 26.6. The molecule has 0 aliphatic carbocycles. The van der Waals surface area contributed by atoms with Crippen LogP contribution < -0.4 is 0 Å². The molecule has 0 unspecified atom stereocenters. The van der Waals surface area contributed by atoms with Gasteiger partial charge < -0.3 is 45.7 Å². The fraction of sp³-hybridized carbons (Fsp3) is 0.198. The second-order valence-corrected chi connectivity index (χ2v) is 36.6. The van der Waals surface area contributed by atoms with Crippen molar-refractivity contribution in [1.29, 1.82) is 0 Å². The minimum atomic E-state index is 0. The molecule has 0 aliphatic heterocycles. The molecule has 13 aromatic carbocycles. The number of rotatable bonds is 15. The van der Waals surface area contributed by atoms with Crippen LogP contribution in [0.1, 0.15) is 119 Å². The van der Waals surface area contributed by atoms with Gasteiger partial charge in [0.25, 0.3) is 0 Å². The van der Waals surface area contributed by atoms with Crippen LogP contribution in [0.3, 0.4) is 0 Å². The zero-order chi connectivity index (χ0) is 98.5. The van der Waals surface area contributed by atoms with Gasteiger partial charge in [0.2, 0.25) is 0 Å². The molecule has 0 saturated carbocycles. The average molecular weight is 2810 g/mol. The first-order valence-electron chi connectivity index (χ1n) is 47.1. The maximum absolute atomic E-state index is 4.70. The number of aromatic nitrogens is 25. The second-order valence-electron chi connectivity index (χ2n) is 36.6. The maximum Gasteiger partial charge on any atom is 0.115 e. The van der Waals surface area contributed by atoms with Crippen molar-refractivity contribution in [3.63, 3.8) is 0 Å². The number of nitrogens with zero attached hydrogens (tertiary/aromatic N) is 25. The average Bonchev–Trinajstić information content (AvgIpc) is 1.55. The molecule has 25 nitrogen and oxygen atoms in total. The predicted molar refractivity (Wildman–Crippen MR) is 561 cm³/mol. The summed E-state index contributed by atoms with van der Waals surface area (Å²) in [5.74, 6) is 9.50. The van der Waals surface area contributed by atoms with E-state index >= 15 is 0 Å². The van der Waals surface area contributed by atoms with Gasteiger partial charge in [0.1, 0.15) is 31.6 Å². The van der Waals surface area contributed by atoms with E-state index in [9.17, 15) is 0 Å². The van der Waals surface area contributed by atoms with E-state index in [1.54, 1.807) is 25.3 Å². The van der Waals surface area contributed by atoms with E-state index in [0.29, 0.717) is 11.8 Å². The van der Waals surface area contributed by atoms with Crippen molar-refractivity contribution in [1.82, 2.24) is 122 Å². The molecule has 146 heavy (non-hydrogen) atoms. The Morgan fingerprint density at radius 2 is 0.473 bits per heavy atom. The fourth-order valence-corrected chi connectivity index (χ4v) is 19.0. The number of imidazole rings is 5. The van der Waals surface area contributed by atoms with Crippen molar-refractivity contribution < 1.29 is 101 Å². The Balaban J connectivity index is 0.000000144. The van der Waals surface area contributed by atoms with Crippen molar-refractivity contribution in [3.8, 4) is 119 Å². The number of benzene rings is 13. The van der Waals surface area contributed by atoms with E-state index in [1.807, 2.05) is 163 Å². The zero-order valence-electron chi connectivity index (χ0n) is 84.8. The molecule has 0 spiro atoms. The Bertz CT molecular complexity index is 8470. The molecule has 23 aromatic rings. The van der Waals surface area contributed by atoms with Gasteiger partial charge in [-0.05, 0) is 201 Å². The van der Waals surface area contributed by atoms with Gasteiger partial charge in [0.05, 0.1) is 63.9 Å². The predicted octanol–water partition coefficient (Wildman–Crippen LogP) is 24.0. The van der Waals surface area contributed by atoms with Crippen LogP contribution in [0.4, 0.5) is 0 Å². The molecule has 10 heterocycles. The van der Waals surface area contributed by atoms with Gasteiger partial charge in [-0.3, -0.25) is 24.9 Å². The zero-order valence-corrected chi connectivity index (χ0v) is 96.8. The molecule has 0 bridgehead atoms. The first kappa shape index (κ1) is 108. The Morgan fingerprint density at radius 1 is 0.233 bits per heavy atom. The molecule has 0 atom stereocenters. The van der Waals surface area contributed by atoms with E-state index in [4.69, 9.17) is 4.98 Å². The van der Waals surface area contributed by atoms with Gasteiger partial charge in [0.15, 0.2) is 0 Å². The van der Waals surface area contributed by atoms with Crippen molar-refractivity contribution in [2.75, 3.05) is 0 Å². The monoisotopic (exact) mass is 2820 g/mol. The van der Waals surface area contributed by atoms with Crippen LogP contribution in [0.5, 0.6) is 0 Å². The summed E-state index contributed by atoms with van der Waals surface area (Å²) in [6, 6.07) is 96.2. The van der Waals surface area contributed by atoms with Crippen molar-refractivity contribution in [2.24, 2.45) is 35.2 Å². The Morgan fingerprint density at radius 3 is 0.753 bits per heavy atom. The van der Waals surface area contributed by atoms with E-state index in [1.165, 1.54) is 66.9 Å². The van der Waals surface area contributed by atoms with Gasteiger partial charge in [0, 0.05) is 197 Å². The van der Waals surface area contributed by atoms with Crippen molar-refractivity contribution in [3.05, 3.63) is 372 Å². The van der Waals surface area contributed by atoms with Crippen LogP contribution in [0.15, 0.2) is 262 Å². The number of hydrogen-bond donors (Lipinski definition) is 0. The van der Waals surface area contributed by atoms with Crippen LogP contribution in [-0.4, -0.2) is 122 Å². The topological polar surface area (TPSA) is 243 Å². The molecule has 23 rings (SSSR count). The Kier molecular flexibility index (Phi) is 33.9. The summed E-state index contributed by atoms with van der Waals surface area (Å²) in [4.78, 5) is 23.2. The Labute approximate surface area is 917 Å². The van der Waals surface area contributed by atoms with Crippen molar-refractivity contribution >= 4 is 55.2 Å². The number of para-hydroxylation sites is 3. The minimum absolute atomic E-state index is 0. The summed E-state index contributed by atoms with van der Waals surface area (Å²) in [6.07, 6.45) is 8.89. The molecule has 10 aromatic heterocycles. The molecule has 5 radical (unpaired) electrons. The molecule has 747 valence electrons. The minimum Gasteiger partial charge on any atom is -0.371 e. The molecule has 0 fully saturated rings. The second kappa shape index (κ2) is 45.8. The summed E-state index contributed by atoms with van der Waals surface area (Å²) < 4.78 is 20.6. The number of aryl methyl sites for hydroxylation is 17. The van der Waals surface area contributed by atoms with Crippen LogP contribution in [0.25, 0.3) is 174 Å². The molecule has 0 aliphatic rings. The quantitative estimate of drug-likeness (QED) is 0.0867. The van der Waals surface area contributed by atoms with Gasteiger partial charge in [-0.25, -0.2) is 0 Å². The van der Waals surface area contributed by atoms with Crippen LogP contribution in [0, 0.1) is 113 Å². The SMILES string of the molecule is Cc1cc(-c2ccccc2)cc(C)c1-n1cnnc1-c1[c-]cc2c(c1)nc(C)n2C.Cc1cc(C)c(-n2cnnc2-c2[c-]cc3c(c2)nc(C)n3C)c(C)c1.Cc1cccc(C)c1-n1cnnc1-c1[c-]cc2c(c1)nc(C)n2C.Cc1nc2cc(-c3nncn3-c3c(-c4ccccc4)cccc3-c3ccccc3)[c-]cc2n1C.Cc1nc2cc(-c3nncn3-c3c(C(C)C)cccc3C(C)C)[c-]cc2n1C.[Ir].[Ir].[Ir].[Ir].[Ir]. The molecule has 0 saturated heterocycles. The van der Waals surface area contributed by atoms with Gasteiger partial charge in [-0.1, -0.05) is 191 Å². The molecular formula is C116H108Ir5N25-5. The molecule has 30 heteroatoms. The van der Waals surface area contributed by atoms with Crippen LogP contribution >= 0.6 is 0 Å². The largest absolute Gasteiger partial charge is 0.371 e. The molecule has 0 amide bonds. The smallest absolute Gasteiger partial charge is 0.115 e. The molecular weight excluding hydrogens is 2700 g/mol. The third kappa shape index (κ3) is 21.3. The van der Waals surface area contributed by atoms with E-state index in [2.05, 4.69) is 367 Å². The summed E-state index contributed by atoms with van der Waals surface area (Å²) >= 11 is 0. The summed E-state index contributed by atoms with van der Waals surface area (Å²) in [7, 11) is 10.1. The van der Waals surface area contributed by atoms with Gasteiger partial charge >= 0.3 is 0 Å². The Hall–Kier alpha value is -13.8. The van der Waals surface area contributed by atoms with E-state index < -0.39 is 0 Å². The summed E-state index contributed by atoms with van der Waals surface area (Å²) in [5, 5.41) is 43.1. The van der Waals surface area contributed by atoms with Crippen LogP contribution in [0.2, 0.25) is 0 Å². The standard InChI is InChI=1S/C29H22N5.C25H22N5.C23H26N5.C20H20N5.C19H18N5.5Ir/c1-20-31-26-18-23(16-17-27(26)33(20)2)29-32-30-19-34(29)28-24(21-10-5-3-6-11-21)14-9-15-25(28)22-12-7-4-8-13-22;1-16-12-21(19-8-6-5-7-9-19)13-17(2)24(16)30-15-26-28-25(30)20-10-11-23-22(14-20)27-18(3)29(23)4;1-14(2)18-8-7-9-19(15(3)4)22(18)28-13-24-26-23(28)17-10-11-21-20(12-17)25-16(5)27(21)6;1-12-8-13(2)19(14(3)9-12)25-11-21-23-20(25)16-6-7-18-17(10-16)22-15(4)24(18)5;1-12-6-5-7-13(2)18(12)24-11-20-22-19(24)15-8-9-17-16(10-15)21-14(3)23(17)4;;;;;/h3-15,17-19H,1-2H3;5-9,11-15H,1-4H3;7-9,11-15H,1-6H3;7-11H,1-5H3;5-7,9-11H,1-4H3;;;;;/q5*-1;;;;;. The number of fused-ring (bicyclic) bond motifs is 5. The normalized spacial score (nSPS) is 11.0. The number of hydrogen-bond acceptors (Lipinski definition) is 15.